The fourth-order valence-electron chi connectivity index (χ4n) is 2.38. The van der Waals surface area contributed by atoms with Gasteiger partial charge in [0.2, 0.25) is 0 Å². The molecule has 0 atom stereocenters. The van der Waals surface area contributed by atoms with Crippen molar-refractivity contribution in [3.05, 3.63) is 48.5 Å². The van der Waals surface area contributed by atoms with Gasteiger partial charge in [-0.2, -0.15) is 0 Å². The highest BCUT2D eigenvalue weighted by Crippen LogP contribution is 2.33. The number of benzene rings is 3. The molecular formula is C14H8N2O. The molecule has 80 valence electrons. The van der Waals surface area contributed by atoms with Gasteiger partial charge in [-0.3, -0.25) is 0 Å². The van der Waals surface area contributed by atoms with Crippen LogP contribution in [-0.2, 0) is 0 Å². The molecule has 0 fully saturated rings. The first-order valence-electron chi connectivity index (χ1n) is 5.47. The Kier molecular flexibility index (Phi) is 1.56. The van der Waals surface area contributed by atoms with E-state index in [1.807, 2.05) is 36.4 Å². The molecule has 0 saturated carbocycles. The molecule has 3 aromatic carbocycles. The molecule has 4 rings (SSSR count). The minimum atomic E-state index is 0.763. The molecule has 0 amide bonds. The van der Waals surface area contributed by atoms with Gasteiger partial charge in [-0.05, 0) is 10.8 Å². The summed E-state index contributed by atoms with van der Waals surface area (Å²) in [5.41, 5.74) is 1.60. The first-order valence-corrected chi connectivity index (χ1v) is 5.47. The predicted molar refractivity (Wildman–Crippen MR) is 66.8 cm³/mol. The Morgan fingerprint density at radius 3 is 2.06 bits per heavy atom. The van der Waals surface area contributed by atoms with Crippen molar-refractivity contribution >= 4 is 32.6 Å². The predicted octanol–water partition coefficient (Wildman–Crippen LogP) is 3.53. The van der Waals surface area contributed by atoms with Crippen LogP contribution in [0.4, 0.5) is 0 Å². The molecule has 1 heterocycles. The van der Waals surface area contributed by atoms with E-state index in [9.17, 15) is 0 Å². The summed E-state index contributed by atoms with van der Waals surface area (Å²) < 4.78 is 5.28. The third-order valence-electron chi connectivity index (χ3n) is 3.13. The quantitative estimate of drug-likeness (QED) is 0.425. The Balaban J connectivity index is 2.48. The molecule has 0 N–H and O–H groups in total. The van der Waals surface area contributed by atoms with E-state index >= 15 is 0 Å². The van der Waals surface area contributed by atoms with Crippen LogP contribution in [0.3, 0.4) is 0 Å². The standard InChI is InChI=1S/C14H8N2O/c1-3-7-11-9(5-1)10-6-2-4-8-12(10)14-13(11)15-16-17-14/h1-8H. The van der Waals surface area contributed by atoms with Gasteiger partial charge in [0.15, 0.2) is 5.58 Å². The Bertz CT molecular complexity index is 779. The lowest BCUT2D eigenvalue weighted by molar-refractivity contribution is 0.426. The highest BCUT2D eigenvalue weighted by atomic mass is 16.5. The van der Waals surface area contributed by atoms with Crippen LogP contribution in [0.5, 0.6) is 0 Å². The van der Waals surface area contributed by atoms with E-state index in [4.69, 9.17) is 4.52 Å². The Hall–Kier alpha value is -2.42. The van der Waals surface area contributed by atoms with Gasteiger partial charge in [0.05, 0.1) is 0 Å². The van der Waals surface area contributed by atoms with E-state index in [0.717, 1.165) is 21.9 Å². The molecule has 0 aliphatic heterocycles. The van der Waals surface area contributed by atoms with Crippen LogP contribution in [0, 0.1) is 0 Å². The lowest BCUT2D eigenvalue weighted by Crippen LogP contribution is -1.80. The van der Waals surface area contributed by atoms with Gasteiger partial charge in [-0.15, -0.1) is 5.10 Å². The SMILES string of the molecule is c1ccc2c(c1)c1ccccc1c1onnc21. The summed E-state index contributed by atoms with van der Waals surface area (Å²) in [6.45, 7) is 0. The van der Waals surface area contributed by atoms with E-state index in [1.54, 1.807) is 0 Å². The fourth-order valence-corrected chi connectivity index (χ4v) is 2.38. The number of aromatic nitrogens is 2. The van der Waals surface area contributed by atoms with Crippen molar-refractivity contribution in [1.29, 1.82) is 0 Å². The fraction of sp³-hybridized carbons (Fsp3) is 0. The smallest absolute Gasteiger partial charge is 0.195 e. The average molecular weight is 220 g/mol. The second-order valence-corrected chi connectivity index (χ2v) is 4.04. The topological polar surface area (TPSA) is 38.9 Å². The molecule has 0 radical (unpaired) electrons. The molecule has 0 unspecified atom stereocenters. The van der Waals surface area contributed by atoms with Crippen LogP contribution in [-0.4, -0.2) is 10.4 Å². The van der Waals surface area contributed by atoms with Crippen LogP contribution in [0.25, 0.3) is 32.6 Å². The van der Waals surface area contributed by atoms with E-state index in [1.165, 1.54) is 10.8 Å². The number of fused-ring (bicyclic) bond motifs is 6. The molecule has 17 heavy (non-hydrogen) atoms. The molecule has 3 heteroatoms. The monoisotopic (exact) mass is 220 g/mol. The summed E-state index contributed by atoms with van der Waals surface area (Å²) in [4.78, 5) is 0. The van der Waals surface area contributed by atoms with E-state index in [0.29, 0.717) is 0 Å². The molecule has 0 saturated heterocycles. The first kappa shape index (κ1) is 8.70. The first-order chi connectivity index (χ1) is 8.45. The van der Waals surface area contributed by atoms with Gasteiger partial charge >= 0.3 is 0 Å². The molecule has 0 aliphatic rings. The second kappa shape index (κ2) is 3.04. The van der Waals surface area contributed by atoms with E-state index < -0.39 is 0 Å². The summed E-state index contributed by atoms with van der Waals surface area (Å²) in [5, 5.41) is 12.3. The number of hydrogen-bond acceptors (Lipinski definition) is 3. The van der Waals surface area contributed by atoms with Crippen molar-refractivity contribution in [2.45, 2.75) is 0 Å². The van der Waals surface area contributed by atoms with E-state index in [-0.39, 0.29) is 0 Å². The largest absolute Gasteiger partial charge is 0.336 e. The van der Waals surface area contributed by atoms with Crippen LogP contribution in [0.1, 0.15) is 0 Å². The minimum absolute atomic E-state index is 0.763. The van der Waals surface area contributed by atoms with Crippen LogP contribution in [0.15, 0.2) is 53.1 Å². The van der Waals surface area contributed by atoms with Crippen molar-refractivity contribution in [2.24, 2.45) is 0 Å². The zero-order valence-corrected chi connectivity index (χ0v) is 8.92. The molecule has 1 aromatic heterocycles. The summed E-state index contributed by atoms with van der Waals surface area (Å²) in [7, 11) is 0. The minimum Gasteiger partial charge on any atom is -0.336 e. The van der Waals surface area contributed by atoms with Gasteiger partial charge < -0.3 is 4.52 Å². The third kappa shape index (κ3) is 1.05. The number of hydrogen-bond donors (Lipinski definition) is 0. The summed E-state index contributed by atoms with van der Waals surface area (Å²) in [6.07, 6.45) is 0. The second-order valence-electron chi connectivity index (χ2n) is 4.04. The molecule has 4 aromatic rings. The van der Waals surface area contributed by atoms with Crippen molar-refractivity contribution in [2.75, 3.05) is 0 Å². The molecular weight excluding hydrogens is 212 g/mol. The lowest BCUT2D eigenvalue weighted by atomic mass is 10.0. The normalized spacial score (nSPS) is 11.5. The van der Waals surface area contributed by atoms with Gasteiger partial charge in [0, 0.05) is 16.0 Å². The Morgan fingerprint density at radius 1 is 0.706 bits per heavy atom. The number of nitrogens with zero attached hydrogens (tertiary/aromatic N) is 2. The van der Waals surface area contributed by atoms with Crippen molar-refractivity contribution in [1.82, 2.24) is 10.4 Å². The highest BCUT2D eigenvalue weighted by Gasteiger charge is 2.11. The molecule has 0 spiro atoms. The lowest BCUT2D eigenvalue weighted by Gasteiger charge is -2.03. The van der Waals surface area contributed by atoms with Crippen LogP contribution < -0.4 is 0 Å². The van der Waals surface area contributed by atoms with Gasteiger partial charge in [0.1, 0.15) is 5.52 Å². The Morgan fingerprint density at radius 2 is 1.29 bits per heavy atom. The van der Waals surface area contributed by atoms with Crippen molar-refractivity contribution in [3.8, 4) is 0 Å². The Labute approximate surface area is 96.6 Å². The van der Waals surface area contributed by atoms with Crippen LogP contribution >= 0.6 is 0 Å². The van der Waals surface area contributed by atoms with Gasteiger partial charge in [0.25, 0.3) is 0 Å². The highest BCUT2D eigenvalue weighted by molar-refractivity contribution is 6.22. The summed E-state index contributed by atoms with van der Waals surface area (Å²) in [6, 6.07) is 16.4. The third-order valence-corrected chi connectivity index (χ3v) is 3.13. The van der Waals surface area contributed by atoms with E-state index in [2.05, 4.69) is 22.5 Å². The maximum Gasteiger partial charge on any atom is 0.195 e. The summed E-state index contributed by atoms with van der Waals surface area (Å²) in [5.74, 6) is 0. The number of rotatable bonds is 0. The molecule has 3 nitrogen and oxygen atoms in total. The zero-order valence-electron chi connectivity index (χ0n) is 8.92. The van der Waals surface area contributed by atoms with Crippen LogP contribution in [0.2, 0.25) is 0 Å². The molecule has 0 bridgehead atoms. The van der Waals surface area contributed by atoms with Crippen molar-refractivity contribution in [3.63, 3.8) is 0 Å². The zero-order chi connectivity index (χ0) is 11.2. The van der Waals surface area contributed by atoms with Crippen molar-refractivity contribution < 1.29 is 4.52 Å². The average Bonchev–Trinajstić information content (AvgIpc) is 2.89. The molecule has 0 aliphatic carbocycles. The maximum absolute atomic E-state index is 5.28. The summed E-state index contributed by atoms with van der Waals surface area (Å²) >= 11 is 0. The maximum atomic E-state index is 5.28. The van der Waals surface area contributed by atoms with Gasteiger partial charge in [-0.1, -0.05) is 48.5 Å². The van der Waals surface area contributed by atoms with Gasteiger partial charge in [-0.25, -0.2) is 0 Å².